The fourth-order valence-electron chi connectivity index (χ4n) is 1.40. The molecule has 1 atom stereocenters. The smallest absolute Gasteiger partial charge is 0.266 e. The van der Waals surface area contributed by atoms with Crippen LogP contribution < -0.4 is 5.73 Å². The lowest BCUT2D eigenvalue weighted by Gasteiger charge is -2.15. The Bertz CT molecular complexity index is 330. The van der Waals surface area contributed by atoms with E-state index < -0.39 is 23.8 Å². The van der Waals surface area contributed by atoms with Crippen molar-refractivity contribution in [2.75, 3.05) is 6.61 Å². The molecule has 0 aliphatic heterocycles. The van der Waals surface area contributed by atoms with E-state index in [-0.39, 0.29) is 18.6 Å². The number of aliphatic hydroxyl groups excluding tert-OH is 1. The third kappa shape index (κ3) is 2.70. The van der Waals surface area contributed by atoms with E-state index in [1.54, 1.807) is 0 Å². The van der Waals surface area contributed by atoms with E-state index in [0.29, 0.717) is 0 Å². The fourth-order valence-corrected chi connectivity index (χ4v) is 1.40. The number of nitrogens with two attached hydrogens (primary N) is 1. The molecule has 0 saturated heterocycles. The molecule has 0 fully saturated rings. The first-order chi connectivity index (χ1) is 7.07. The van der Waals surface area contributed by atoms with Gasteiger partial charge in [0, 0.05) is 12.6 Å². The molecule has 1 aromatic carbocycles. The molecule has 0 amide bonds. The van der Waals surface area contributed by atoms with Gasteiger partial charge in [0.25, 0.3) is 6.43 Å². The Morgan fingerprint density at radius 2 is 2.00 bits per heavy atom. The zero-order valence-corrected chi connectivity index (χ0v) is 7.96. The first-order valence-corrected chi connectivity index (χ1v) is 4.50. The Hall–Kier alpha value is -1.07. The van der Waals surface area contributed by atoms with Crippen LogP contribution in [0.15, 0.2) is 18.2 Å². The second-order valence-corrected chi connectivity index (χ2v) is 3.16. The van der Waals surface area contributed by atoms with E-state index >= 15 is 0 Å². The van der Waals surface area contributed by atoms with E-state index in [1.165, 1.54) is 12.1 Å². The molecule has 5 heteroatoms. The summed E-state index contributed by atoms with van der Waals surface area (Å²) in [5.74, 6) is -0.962. The van der Waals surface area contributed by atoms with Gasteiger partial charge in [0.2, 0.25) is 0 Å². The summed E-state index contributed by atoms with van der Waals surface area (Å²) >= 11 is 0. The normalized spacial score (nSPS) is 13.2. The van der Waals surface area contributed by atoms with Gasteiger partial charge in [-0.15, -0.1) is 0 Å². The molecule has 1 unspecified atom stereocenters. The lowest BCUT2D eigenvalue weighted by Crippen LogP contribution is -2.15. The van der Waals surface area contributed by atoms with Crippen molar-refractivity contribution in [1.82, 2.24) is 0 Å². The lowest BCUT2D eigenvalue weighted by atomic mass is 9.98. The Morgan fingerprint density at radius 3 is 2.53 bits per heavy atom. The van der Waals surface area contributed by atoms with Gasteiger partial charge in [-0.2, -0.15) is 0 Å². The van der Waals surface area contributed by atoms with Crippen LogP contribution in [0.25, 0.3) is 0 Å². The van der Waals surface area contributed by atoms with Crippen molar-refractivity contribution in [3.8, 4) is 0 Å². The molecule has 0 aliphatic carbocycles. The van der Waals surface area contributed by atoms with Crippen LogP contribution in [0.4, 0.5) is 13.2 Å². The second kappa shape index (κ2) is 5.14. The summed E-state index contributed by atoms with van der Waals surface area (Å²) in [6, 6.07) is 2.88. The standard InChI is InChI=1S/C10H12F3NO/c11-7-3-1-2-6(8(14)4-5-15)9(7)10(12)13/h1-3,8,10,15H,4-5,14H2. The zero-order chi connectivity index (χ0) is 11.4. The predicted octanol–water partition coefficient (Wildman–Crippen LogP) is 2.15. The van der Waals surface area contributed by atoms with Gasteiger partial charge in [-0.25, -0.2) is 13.2 Å². The van der Waals surface area contributed by atoms with Crippen molar-refractivity contribution in [2.24, 2.45) is 5.73 Å². The molecule has 2 nitrogen and oxygen atoms in total. The number of hydrogen-bond donors (Lipinski definition) is 2. The maximum Gasteiger partial charge on any atom is 0.266 e. The molecule has 0 radical (unpaired) electrons. The molecule has 0 aromatic heterocycles. The monoisotopic (exact) mass is 219 g/mol. The molecule has 3 N–H and O–H groups in total. The van der Waals surface area contributed by atoms with Crippen molar-refractivity contribution in [2.45, 2.75) is 18.9 Å². The molecule has 15 heavy (non-hydrogen) atoms. The number of halogens is 3. The summed E-state index contributed by atoms with van der Waals surface area (Å²) in [4.78, 5) is 0. The van der Waals surface area contributed by atoms with Crippen LogP contribution in [0.1, 0.15) is 30.0 Å². The first-order valence-electron chi connectivity index (χ1n) is 4.50. The average molecular weight is 219 g/mol. The van der Waals surface area contributed by atoms with E-state index in [1.807, 2.05) is 0 Å². The molecular formula is C10H12F3NO. The predicted molar refractivity (Wildman–Crippen MR) is 50.0 cm³/mol. The fraction of sp³-hybridized carbons (Fsp3) is 0.400. The van der Waals surface area contributed by atoms with Gasteiger partial charge < -0.3 is 10.8 Å². The Labute approximate surface area is 85.5 Å². The molecule has 0 spiro atoms. The second-order valence-electron chi connectivity index (χ2n) is 3.16. The number of aliphatic hydroxyl groups is 1. The van der Waals surface area contributed by atoms with Gasteiger partial charge in [0.05, 0.1) is 5.56 Å². The molecule has 0 heterocycles. The van der Waals surface area contributed by atoms with Crippen LogP contribution in [0.3, 0.4) is 0 Å². The largest absolute Gasteiger partial charge is 0.396 e. The van der Waals surface area contributed by atoms with Crippen molar-refractivity contribution < 1.29 is 18.3 Å². The van der Waals surface area contributed by atoms with E-state index in [2.05, 4.69) is 0 Å². The molecule has 0 saturated carbocycles. The molecule has 0 bridgehead atoms. The van der Waals surface area contributed by atoms with Crippen LogP contribution in [0, 0.1) is 5.82 Å². The van der Waals surface area contributed by atoms with Gasteiger partial charge in [-0.3, -0.25) is 0 Å². The minimum Gasteiger partial charge on any atom is -0.396 e. The lowest BCUT2D eigenvalue weighted by molar-refractivity contribution is 0.144. The van der Waals surface area contributed by atoms with Crippen LogP contribution in [0.2, 0.25) is 0 Å². The third-order valence-electron chi connectivity index (χ3n) is 2.14. The third-order valence-corrected chi connectivity index (χ3v) is 2.14. The minimum atomic E-state index is -2.90. The molecule has 0 aliphatic rings. The van der Waals surface area contributed by atoms with Crippen LogP contribution >= 0.6 is 0 Å². The average Bonchev–Trinajstić information content (AvgIpc) is 2.17. The first kappa shape index (κ1) is 12.0. The van der Waals surface area contributed by atoms with Crippen molar-refractivity contribution >= 4 is 0 Å². The maximum atomic E-state index is 13.1. The topological polar surface area (TPSA) is 46.2 Å². The van der Waals surface area contributed by atoms with Crippen molar-refractivity contribution in [3.63, 3.8) is 0 Å². The Kier molecular flexibility index (Phi) is 4.11. The highest BCUT2D eigenvalue weighted by Gasteiger charge is 2.21. The van der Waals surface area contributed by atoms with Gasteiger partial charge in [0.1, 0.15) is 5.82 Å². The summed E-state index contributed by atoms with van der Waals surface area (Å²) in [6.07, 6.45) is -2.77. The molecule has 84 valence electrons. The molecule has 1 rings (SSSR count). The van der Waals surface area contributed by atoms with Gasteiger partial charge in [-0.05, 0) is 18.1 Å². The van der Waals surface area contributed by atoms with E-state index in [0.717, 1.165) is 6.07 Å². The van der Waals surface area contributed by atoms with Gasteiger partial charge in [-0.1, -0.05) is 12.1 Å². The molecular weight excluding hydrogens is 207 g/mol. The van der Waals surface area contributed by atoms with Crippen molar-refractivity contribution in [3.05, 3.63) is 35.1 Å². The van der Waals surface area contributed by atoms with Crippen LogP contribution in [-0.2, 0) is 0 Å². The zero-order valence-electron chi connectivity index (χ0n) is 7.96. The SMILES string of the molecule is NC(CCO)c1cccc(F)c1C(F)F. The van der Waals surface area contributed by atoms with Gasteiger partial charge >= 0.3 is 0 Å². The summed E-state index contributed by atoms with van der Waals surface area (Å²) < 4.78 is 38.2. The number of benzene rings is 1. The Morgan fingerprint density at radius 1 is 1.33 bits per heavy atom. The van der Waals surface area contributed by atoms with E-state index in [4.69, 9.17) is 10.8 Å². The van der Waals surface area contributed by atoms with E-state index in [9.17, 15) is 13.2 Å². The number of rotatable bonds is 4. The summed E-state index contributed by atoms with van der Waals surface area (Å²) in [6.45, 7) is -0.222. The van der Waals surface area contributed by atoms with Crippen LogP contribution in [-0.4, -0.2) is 11.7 Å². The highest BCUT2D eigenvalue weighted by atomic mass is 19.3. The minimum absolute atomic E-state index is 0.0547. The highest BCUT2D eigenvalue weighted by molar-refractivity contribution is 5.32. The number of hydrogen-bond acceptors (Lipinski definition) is 2. The highest BCUT2D eigenvalue weighted by Crippen LogP contribution is 2.29. The molecule has 1 aromatic rings. The van der Waals surface area contributed by atoms with Gasteiger partial charge in [0.15, 0.2) is 0 Å². The maximum absolute atomic E-state index is 13.1. The number of alkyl halides is 2. The summed E-state index contributed by atoms with van der Waals surface area (Å²) in [5.41, 5.74) is 4.94. The Balaban J connectivity index is 3.10. The van der Waals surface area contributed by atoms with Crippen molar-refractivity contribution in [1.29, 1.82) is 0 Å². The summed E-state index contributed by atoms with van der Waals surface area (Å²) in [7, 11) is 0. The quantitative estimate of drug-likeness (QED) is 0.815. The van der Waals surface area contributed by atoms with Crippen LogP contribution in [0.5, 0.6) is 0 Å². The summed E-state index contributed by atoms with van der Waals surface area (Å²) in [5, 5.41) is 8.64.